The van der Waals surface area contributed by atoms with Crippen molar-refractivity contribution in [2.24, 2.45) is 12.0 Å². The van der Waals surface area contributed by atoms with Gasteiger partial charge in [-0.15, -0.1) is 10.2 Å². The molecule has 0 radical (unpaired) electrons. The van der Waals surface area contributed by atoms with E-state index in [2.05, 4.69) is 20.5 Å². The number of aliphatic imine (C=N–C) groups is 1. The average molecular weight is 521 g/mol. The van der Waals surface area contributed by atoms with E-state index in [1.54, 1.807) is 18.5 Å². The van der Waals surface area contributed by atoms with Crippen molar-refractivity contribution in [1.82, 2.24) is 25.1 Å². The summed E-state index contributed by atoms with van der Waals surface area (Å²) in [7, 11) is 1.88. The van der Waals surface area contributed by atoms with Crippen LogP contribution in [0.15, 0.2) is 78.0 Å². The molecule has 39 heavy (non-hydrogen) atoms. The van der Waals surface area contributed by atoms with E-state index in [0.29, 0.717) is 46.2 Å². The zero-order valence-corrected chi connectivity index (χ0v) is 21.7. The van der Waals surface area contributed by atoms with E-state index in [0.717, 1.165) is 29.4 Å². The van der Waals surface area contributed by atoms with Gasteiger partial charge in [-0.2, -0.15) is 0 Å². The molecule has 3 aromatic carbocycles. The first-order valence-corrected chi connectivity index (χ1v) is 12.9. The predicted molar refractivity (Wildman–Crippen MR) is 150 cm³/mol. The second-order valence-corrected chi connectivity index (χ2v) is 9.56. The fourth-order valence-electron chi connectivity index (χ4n) is 4.60. The van der Waals surface area contributed by atoms with Crippen LogP contribution in [-0.2, 0) is 7.05 Å². The minimum absolute atomic E-state index is 0.0268. The second-order valence-electron chi connectivity index (χ2n) is 9.56. The number of aromatic amines is 1. The third-order valence-electron chi connectivity index (χ3n) is 6.70. The molecule has 1 fully saturated rings. The lowest BCUT2D eigenvalue weighted by Crippen LogP contribution is -2.25. The van der Waals surface area contributed by atoms with Crippen LogP contribution in [0.3, 0.4) is 0 Å². The molecule has 0 aliphatic heterocycles. The Hall–Kier alpha value is -4.92. The van der Waals surface area contributed by atoms with Gasteiger partial charge in [0.25, 0.3) is 5.91 Å². The number of amides is 1. The number of fused-ring (bicyclic) bond motifs is 1. The summed E-state index contributed by atoms with van der Waals surface area (Å²) in [4.78, 5) is 20.7. The van der Waals surface area contributed by atoms with Crippen LogP contribution in [0.25, 0.3) is 22.3 Å². The minimum Gasteiger partial charge on any atom is -0.494 e. The van der Waals surface area contributed by atoms with Gasteiger partial charge in [-0.05, 0) is 50.1 Å². The molecule has 0 atom stereocenters. The lowest BCUT2D eigenvalue weighted by atomic mass is 10.00. The SMILES string of the molecule is CCOc1cc(-c2nncn2C)ccc1N=C(c1ccccc1)c1c(O)[nH]c2cc(C(=O)NC3CC3)ccc12. The van der Waals surface area contributed by atoms with Gasteiger partial charge in [0.15, 0.2) is 11.7 Å². The summed E-state index contributed by atoms with van der Waals surface area (Å²) >= 11 is 0. The number of aromatic nitrogens is 4. The molecule has 2 aromatic heterocycles. The number of nitrogens with zero attached hydrogens (tertiary/aromatic N) is 4. The standard InChI is InChI=1S/C30H28N6O3/c1-3-39-25-16-19(28-35-31-17-36(28)2)10-14-23(25)33-27(18-7-5-4-6-8-18)26-22-13-9-20(15-24(22)34-30(26)38)29(37)32-21-11-12-21/h4-10,13-17,21,34,38H,3,11-12H2,1-2H3,(H,32,37). The van der Waals surface area contributed by atoms with E-state index >= 15 is 0 Å². The predicted octanol–water partition coefficient (Wildman–Crippen LogP) is 5.13. The highest BCUT2D eigenvalue weighted by molar-refractivity contribution is 6.22. The van der Waals surface area contributed by atoms with Gasteiger partial charge in [0.1, 0.15) is 17.8 Å². The Morgan fingerprint density at radius 1 is 1.13 bits per heavy atom. The third kappa shape index (κ3) is 4.86. The maximum atomic E-state index is 12.6. The number of carbonyl (C=O) groups excluding carboxylic acids is 1. The average Bonchev–Trinajstić information content (AvgIpc) is 3.56. The van der Waals surface area contributed by atoms with Gasteiger partial charge in [-0.3, -0.25) is 4.79 Å². The molecule has 0 spiro atoms. The van der Waals surface area contributed by atoms with Crippen LogP contribution in [0.2, 0.25) is 0 Å². The molecule has 2 heterocycles. The highest BCUT2D eigenvalue weighted by Gasteiger charge is 2.25. The summed E-state index contributed by atoms with van der Waals surface area (Å²) in [5, 5.41) is 23.1. The molecule has 0 saturated heterocycles. The van der Waals surface area contributed by atoms with Crippen LogP contribution >= 0.6 is 0 Å². The first-order chi connectivity index (χ1) is 19.0. The van der Waals surface area contributed by atoms with Crippen molar-refractivity contribution in [2.75, 3.05) is 6.61 Å². The van der Waals surface area contributed by atoms with Crippen LogP contribution in [-0.4, -0.2) is 49.1 Å². The highest BCUT2D eigenvalue weighted by Crippen LogP contribution is 2.36. The molecule has 196 valence electrons. The van der Waals surface area contributed by atoms with E-state index < -0.39 is 0 Å². The molecule has 1 aliphatic rings. The molecule has 1 aliphatic carbocycles. The monoisotopic (exact) mass is 520 g/mol. The number of aromatic hydroxyl groups is 1. The van der Waals surface area contributed by atoms with E-state index in [1.165, 1.54) is 0 Å². The molecule has 9 nitrogen and oxygen atoms in total. The van der Waals surface area contributed by atoms with E-state index in [-0.39, 0.29) is 17.8 Å². The lowest BCUT2D eigenvalue weighted by molar-refractivity contribution is 0.0951. The summed E-state index contributed by atoms with van der Waals surface area (Å²) in [6.45, 7) is 2.37. The fourth-order valence-corrected chi connectivity index (χ4v) is 4.60. The molecular weight excluding hydrogens is 492 g/mol. The Morgan fingerprint density at radius 3 is 2.67 bits per heavy atom. The van der Waals surface area contributed by atoms with Crippen LogP contribution in [0.5, 0.6) is 11.6 Å². The molecular formula is C30H28N6O3. The third-order valence-corrected chi connectivity index (χ3v) is 6.70. The number of benzene rings is 3. The summed E-state index contributed by atoms with van der Waals surface area (Å²) in [5.41, 5.74) is 4.59. The molecule has 1 saturated carbocycles. The smallest absolute Gasteiger partial charge is 0.251 e. The van der Waals surface area contributed by atoms with Gasteiger partial charge in [-0.1, -0.05) is 36.4 Å². The number of carbonyl (C=O) groups is 1. The first kappa shape index (κ1) is 24.4. The molecule has 1 amide bonds. The van der Waals surface area contributed by atoms with Gasteiger partial charge in [0.2, 0.25) is 0 Å². The van der Waals surface area contributed by atoms with Crippen molar-refractivity contribution in [3.05, 3.63) is 89.7 Å². The molecule has 6 rings (SSSR count). The normalized spacial score (nSPS) is 13.5. The van der Waals surface area contributed by atoms with Crippen molar-refractivity contribution in [3.63, 3.8) is 0 Å². The number of hydrogen-bond donors (Lipinski definition) is 3. The van der Waals surface area contributed by atoms with Crippen molar-refractivity contribution >= 4 is 28.2 Å². The zero-order chi connectivity index (χ0) is 26.9. The van der Waals surface area contributed by atoms with Crippen molar-refractivity contribution in [2.45, 2.75) is 25.8 Å². The van der Waals surface area contributed by atoms with Gasteiger partial charge >= 0.3 is 0 Å². The molecule has 5 aromatic rings. The topological polar surface area (TPSA) is 117 Å². The number of nitrogens with one attached hydrogen (secondary N) is 2. The van der Waals surface area contributed by atoms with Gasteiger partial charge < -0.3 is 24.7 Å². The van der Waals surface area contributed by atoms with Crippen molar-refractivity contribution in [1.29, 1.82) is 0 Å². The molecule has 3 N–H and O–H groups in total. The Labute approximate surface area is 225 Å². The highest BCUT2D eigenvalue weighted by atomic mass is 16.5. The maximum absolute atomic E-state index is 12.6. The molecule has 0 bridgehead atoms. The summed E-state index contributed by atoms with van der Waals surface area (Å²) < 4.78 is 7.83. The zero-order valence-electron chi connectivity index (χ0n) is 21.7. The number of ether oxygens (including phenoxy) is 1. The molecule has 0 unspecified atom stereocenters. The lowest BCUT2D eigenvalue weighted by Gasteiger charge is -2.12. The number of H-pyrrole nitrogens is 1. The van der Waals surface area contributed by atoms with Gasteiger partial charge in [0, 0.05) is 40.7 Å². The van der Waals surface area contributed by atoms with Gasteiger partial charge in [0.05, 0.1) is 17.9 Å². The van der Waals surface area contributed by atoms with Crippen LogP contribution in [0, 0.1) is 0 Å². The Balaban J connectivity index is 1.48. The molecule has 9 heteroatoms. The summed E-state index contributed by atoms with van der Waals surface area (Å²) in [5.74, 6) is 1.16. The van der Waals surface area contributed by atoms with E-state index in [9.17, 15) is 9.90 Å². The van der Waals surface area contributed by atoms with E-state index in [1.807, 2.05) is 73.1 Å². The number of rotatable bonds is 8. The number of hydrogen-bond acceptors (Lipinski definition) is 6. The quantitative estimate of drug-likeness (QED) is 0.245. The second kappa shape index (κ2) is 10.1. The number of aryl methyl sites for hydroxylation is 1. The van der Waals surface area contributed by atoms with Crippen LogP contribution in [0.1, 0.15) is 41.3 Å². The Kier molecular flexibility index (Phi) is 6.32. The fraction of sp³-hybridized carbons (Fsp3) is 0.200. The first-order valence-electron chi connectivity index (χ1n) is 12.9. The largest absolute Gasteiger partial charge is 0.494 e. The van der Waals surface area contributed by atoms with Crippen LogP contribution in [0.4, 0.5) is 5.69 Å². The Morgan fingerprint density at radius 2 is 1.95 bits per heavy atom. The van der Waals surface area contributed by atoms with Gasteiger partial charge in [-0.25, -0.2) is 4.99 Å². The summed E-state index contributed by atoms with van der Waals surface area (Å²) in [6, 6.07) is 21.0. The van der Waals surface area contributed by atoms with Crippen LogP contribution < -0.4 is 10.1 Å². The Bertz CT molecular complexity index is 1700. The summed E-state index contributed by atoms with van der Waals surface area (Å²) in [6.07, 6.45) is 3.68. The van der Waals surface area contributed by atoms with Crippen molar-refractivity contribution < 1.29 is 14.6 Å². The van der Waals surface area contributed by atoms with Crippen molar-refractivity contribution in [3.8, 4) is 23.0 Å². The maximum Gasteiger partial charge on any atom is 0.251 e. The van der Waals surface area contributed by atoms with E-state index in [4.69, 9.17) is 9.73 Å². The minimum atomic E-state index is -0.114.